The van der Waals surface area contributed by atoms with Crippen LogP contribution in [0.1, 0.15) is 33.9 Å². The molecule has 2 fully saturated rings. The van der Waals surface area contributed by atoms with Crippen LogP contribution in [0.4, 0.5) is 0 Å². The van der Waals surface area contributed by atoms with E-state index >= 15 is 0 Å². The summed E-state index contributed by atoms with van der Waals surface area (Å²) in [5.41, 5.74) is 0.336. The number of fused-ring (bicyclic) bond motifs is 1. The quantitative estimate of drug-likeness (QED) is 0.814. The van der Waals surface area contributed by atoms with Crippen molar-refractivity contribution in [2.75, 3.05) is 19.7 Å². The van der Waals surface area contributed by atoms with Crippen molar-refractivity contribution in [3.63, 3.8) is 0 Å². The number of aryl methyl sites for hydroxylation is 2. The molecule has 8 nitrogen and oxygen atoms in total. The molecular weight excluding hydrogens is 288 g/mol. The highest BCUT2D eigenvalue weighted by Gasteiger charge is 2.48. The number of aromatic nitrogens is 3. The normalized spacial score (nSPS) is 27.4. The van der Waals surface area contributed by atoms with Crippen LogP contribution < -0.4 is 0 Å². The van der Waals surface area contributed by atoms with Crippen molar-refractivity contribution >= 4 is 5.91 Å². The molecule has 0 N–H and O–H groups in total. The molecule has 0 aliphatic carbocycles. The maximum Gasteiger partial charge on any atom is 0.276 e. The minimum Gasteiger partial charge on any atom is -0.425 e. The van der Waals surface area contributed by atoms with E-state index in [1.807, 2.05) is 0 Å². The van der Waals surface area contributed by atoms with Gasteiger partial charge >= 0.3 is 0 Å². The van der Waals surface area contributed by atoms with Gasteiger partial charge in [-0.25, -0.2) is 0 Å². The highest BCUT2D eigenvalue weighted by atomic mass is 16.5. The molecule has 0 radical (unpaired) electrons. The number of ether oxygens (including phenoxy) is 1. The van der Waals surface area contributed by atoms with E-state index in [-0.39, 0.29) is 23.8 Å². The minimum atomic E-state index is -0.129. The largest absolute Gasteiger partial charge is 0.425 e. The van der Waals surface area contributed by atoms with E-state index in [1.54, 1.807) is 24.8 Å². The summed E-state index contributed by atoms with van der Waals surface area (Å²) in [7, 11) is 0. The summed E-state index contributed by atoms with van der Waals surface area (Å²) >= 11 is 0. The van der Waals surface area contributed by atoms with Gasteiger partial charge in [0.2, 0.25) is 11.8 Å². The van der Waals surface area contributed by atoms with Crippen LogP contribution >= 0.6 is 0 Å². The summed E-state index contributed by atoms with van der Waals surface area (Å²) in [6, 6.07) is 1.65. The fourth-order valence-corrected chi connectivity index (χ4v) is 3.22. The average Bonchev–Trinajstić information content (AvgIpc) is 3.21. The van der Waals surface area contributed by atoms with E-state index in [2.05, 4.69) is 15.4 Å². The number of amides is 1. The van der Waals surface area contributed by atoms with Crippen molar-refractivity contribution in [1.82, 2.24) is 20.3 Å². The third-order valence-electron chi connectivity index (χ3n) is 4.31. The van der Waals surface area contributed by atoms with Gasteiger partial charge in [-0.3, -0.25) is 4.79 Å². The molecule has 0 saturated carbocycles. The summed E-state index contributed by atoms with van der Waals surface area (Å²) in [5, 5.41) is 11.8. The molecule has 2 aliphatic rings. The van der Waals surface area contributed by atoms with Crippen molar-refractivity contribution < 1.29 is 18.5 Å². The Bertz CT molecular complexity index is 709. The molecule has 2 aromatic heterocycles. The van der Waals surface area contributed by atoms with Gasteiger partial charge in [-0.2, -0.15) is 0 Å². The second kappa shape index (κ2) is 4.91. The lowest BCUT2D eigenvalue weighted by Crippen LogP contribution is -2.31. The first-order valence-corrected chi connectivity index (χ1v) is 7.26. The van der Waals surface area contributed by atoms with Crippen molar-refractivity contribution in [2.24, 2.45) is 5.92 Å². The highest BCUT2D eigenvalue weighted by molar-refractivity contribution is 5.92. The van der Waals surface area contributed by atoms with Crippen LogP contribution in [0.3, 0.4) is 0 Å². The fraction of sp³-hybridized carbons (Fsp3) is 0.571. The number of carbonyl (C=O) groups excluding carboxylic acids is 1. The fourth-order valence-electron chi connectivity index (χ4n) is 3.22. The van der Waals surface area contributed by atoms with Crippen molar-refractivity contribution in [3.8, 4) is 0 Å². The van der Waals surface area contributed by atoms with Crippen molar-refractivity contribution in [3.05, 3.63) is 29.3 Å². The molecule has 2 aliphatic heterocycles. The Hall–Kier alpha value is -2.22. The molecule has 8 heteroatoms. The van der Waals surface area contributed by atoms with Crippen LogP contribution in [-0.2, 0) is 4.74 Å². The maximum atomic E-state index is 12.4. The Morgan fingerprint density at radius 2 is 2.18 bits per heavy atom. The Balaban J connectivity index is 1.51. The smallest absolute Gasteiger partial charge is 0.276 e. The van der Waals surface area contributed by atoms with Crippen LogP contribution in [0, 0.1) is 19.8 Å². The number of nitrogens with zero attached hydrogens (tertiary/aromatic N) is 4. The van der Waals surface area contributed by atoms with E-state index in [4.69, 9.17) is 13.7 Å². The van der Waals surface area contributed by atoms with E-state index in [0.717, 1.165) is 0 Å². The monoisotopic (exact) mass is 304 g/mol. The molecule has 0 bridgehead atoms. The maximum absolute atomic E-state index is 12.4. The number of hydrogen-bond donors (Lipinski definition) is 0. The predicted octanol–water partition coefficient (Wildman–Crippen LogP) is 0.929. The average molecular weight is 304 g/mol. The molecule has 116 valence electrons. The Kier molecular flexibility index (Phi) is 3.00. The summed E-state index contributed by atoms with van der Waals surface area (Å²) in [6.45, 7) is 5.24. The molecular formula is C14H16N4O4. The first-order valence-electron chi connectivity index (χ1n) is 7.26. The third kappa shape index (κ3) is 2.10. The number of hydrogen-bond acceptors (Lipinski definition) is 7. The molecule has 22 heavy (non-hydrogen) atoms. The van der Waals surface area contributed by atoms with Crippen LogP contribution in [0.25, 0.3) is 0 Å². The summed E-state index contributed by atoms with van der Waals surface area (Å²) in [4.78, 5) is 14.2. The lowest BCUT2D eigenvalue weighted by molar-refractivity contribution is 0.0677. The van der Waals surface area contributed by atoms with Gasteiger partial charge in [0.15, 0.2) is 5.69 Å². The zero-order chi connectivity index (χ0) is 15.3. The third-order valence-corrected chi connectivity index (χ3v) is 4.31. The van der Waals surface area contributed by atoms with Gasteiger partial charge in [0.1, 0.15) is 5.76 Å². The van der Waals surface area contributed by atoms with E-state index in [9.17, 15) is 4.79 Å². The van der Waals surface area contributed by atoms with Crippen molar-refractivity contribution in [1.29, 1.82) is 0 Å². The lowest BCUT2D eigenvalue weighted by Gasteiger charge is -2.17. The molecule has 1 amide bonds. The van der Waals surface area contributed by atoms with E-state index in [1.165, 1.54) is 0 Å². The van der Waals surface area contributed by atoms with Crippen LogP contribution in [0.15, 0.2) is 15.0 Å². The molecule has 3 atom stereocenters. The summed E-state index contributed by atoms with van der Waals surface area (Å²) in [5.74, 6) is 1.85. The molecule has 4 rings (SSSR count). The summed E-state index contributed by atoms with van der Waals surface area (Å²) in [6.07, 6.45) is 0.00848. The number of carbonyl (C=O) groups is 1. The van der Waals surface area contributed by atoms with E-state index < -0.39 is 0 Å². The number of rotatable bonds is 2. The predicted molar refractivity (Wildman–Crippen MR) is 72.1 cm³/mol. The first kappa shape index (κ1) is 13.4. The Morgan fingerprint density at radius 1 is 1.32 bits per heavy atom. The molecule has 2 saturated heterocycles. The van der Waals surface area contributed by atoms with E-state index in [0.29, 0.717) is 42.9 Å². The topological polar surface area (TPSA) is 94.5 Å². The van der Waals surface area contributed by atoms with Crippen LogP contribution in [0.5, 0.6) is 0 Å². The van der Waals surface area contributed by atoms with Gasteiger partial charge in [-0.1, -0.05) is 5.16 Å². The minimum absolute atomic E-state index is 0.00848. The molecule has 0 spiro atoms. The lowest BCUT2D eigenvalue weighted by atomic mass is 9.93. The van der Waals surface area contributed by atoms with Crippen molar-refractivity contribution in [2.45, 2.75) is 25.9 Å². The molecule has 0 aromatic carbocycles. The molecule has 2 aromatic rings. The van der Waals surface area contributed by atoms with Gasteiger partial charge < -0.3 is 18.6 Å². The first-order chi connectivity index (χ1) is 10.6. The highest BCUT2D eigenvalue weighted by Crippen LogP contribution is 2.39. The number of likely N-dealkylation sites (tertiary alicyclic amines) is 1. The van der Waals surface area contributed by atoms with Gasteiger partial charge in [0.05, 0.1) is 18.6 Å². The zero-order valence-electron chi connectivity index (χ0n) is 12.4. The Morgan fingerprint density at radius 3 is 2.86 bits per heavy atom. The van der Waals surface area contributed by atoms with Crippen LogP contribution in [-0.4, -0.2) is 52.0 Å². The second-order valence-corrected chi connectivity index (χ2v) is 5.83. The van der Waals surface area contributed by atoms with Crippen LogP contribution in [0.2, 0.25) is 0 Å². The zero-order valence-corrected chi connectivity index (χ0v) is 12.4. The second-order valence-electron chi connectivity index (χ2n) is 5.83. The standard InChI is InChI=1S/C14H16N4O4/c1-7-3-11(17-22-7)14(19)18-4-9-10(6-20-12(9)5-18)13-16-15-8(2)21-13/h3,9-10,12H,4-6H2,1-2H3/t9-,10+,12-/m1/s1. The SMILES string of the molecule is Cc1cc(C(=O)N2C[C@@H]3[C@@H](c4nnc(C)o4)CO[C@@H]3C2)no1. The molecule has 0 unspecified atom stereocenters. The van der Waals surface area contributed by atoms with Gasteiger partial charge in [-0.05, 0) is 6.92 Å². The van der Waals surface area contributed by atoms with Gasteiger partial charge in [0.25, 0.3) is 5.91 Å². The molecule has 4 heterocycles. The summed E-state index contributed by atoms with van der Waals surface area (Å²) < 4.78 is 16.3. The van der Waals surface area contributed by atoms with Gasteiger partial charge in [-0.15, -0.1) is 10.2 Å². The Labute approximate surface area is 126 Å². The van der Waals surface area contributed by atoms with Gasteiger partial charge in [0, 0.05) is 32.0 Å².